The van der Waals surface area contributed by atoms with Crippen LogP contribution in [-0.4, -0.2) is 31.3 Å². The fourth-order valence-corrected chi connectivity index (χ4v) is 3.28. The first-order valence-corrected chi connectivity index (χ1v) is 7.08. The van der Waals surface area contributed by atoms with E-state index in [1.807, 2.05) is 0 Å². The first-order chi connectivity index (χ1) is 8.54. The minimum atomic E-state index is -4.01. The first-order valence-electron chi connectivity index (χ1n) is 7.08. The van der Waals surface area contributed by atoms with Crippen molar-refractivity contribution in [1.82, 2.24) is 10.6 Å². The molecule has 1 aliphatic heterocycles. The third-order valence-corrected chi connectivity index (χ3v) is 4.15. The molecule has 3 unspecified atom stereocenters. The van der Waals surface area contributed by atoms with E-state index in [0.29, 0.717) is 18.6 Å². The van der Waals surface area contributed by atoms with Crippen molar-refractivity contribution in [2.45, 2.75) is 63.2 Å². The van der Waals surface area contributed by atoms with E-state index >= 15 is 0 Å². The first kappa shape index (κ1) is 14.1. The van der Waals surface area contributed by atoms with E-state index in [4.69, 9.17) is 0 Å². The predicted molar refractivity (Wildman–Crippen MR) is 65.4 cm³/mol. The summed E-state index contributed by atoms with van der Waals surface area (Å²) in [6.45, 7) is 1.28. The van der Waals surface area contributed by atoms with Crippen molar-refractivity contribution in [3.63, 3.8) is 0 Å². The zero-order valence-electron chi connectivity index (χ0n) is 10.7. The minimum Gasteiger partial charge on any atom is -0.315 e. The summed E-state index contributed by atoms with van der Waals surface area (Å²) in [5, 5.41) is 6.76. The molecule has 1 aliphatic carbocycles. The Labute approximate surface area is 107 Å². The number of rotatable bonds is 5. The van der Waals surface area contributed by atoms with Crippen LogP contribution in [-0.2, 0) is 0 Å². The lowest BCUT2D eigenvalue weighted by atomic mass is 9.85. The van der Waals surface area contributed by atoms with Crippen LogP contribution in [0.5, 0.6) is 0 Å². The molecular weight excluding hydrogens is 241 g/mol. The Balaban J connectivity index is 1.55. The van der Waals surface area contributed by atoms with Gasteiger partial charge < -0.3 is 10.6 Å². The fourth-order valence-electron chi connectivity index (χ4n) is 3.28. The van der Waals surface area contributed by atoms with Gasteiger partial charge in [0, 0.05) is 25.0 Å². The smallest absolute Gasteiger partial charge is 0.315 e. The summed E-state index contributed by atoms with van der Waals surface area (Å²) in [5.41, 5.74) is 0. The molecule has 0 aromatic heterocycles. The normalized spacial score (nSPS) is 32.5. The van der Waals surface area contributed by atoms with E-state index in [0.717, 1.165) is 12.5 Å². The van der Waals surface area contributed by atoms with Crippen LogP contribution in [0, 0.1) is 5.92 Å². The summed E-state index contributed by atoms with van der Waals surface area (Å²) in [6.07, 6.45) is 1.94. The number of hydrogen-bond acceptors (Lipinski definition) is 2. The zero-order valence-corrected chi connectivity index (χ0v) is 10.7. The van der Waals surface area contributed by atoms with E-state index in [2.05, 4.69) is 10.6 Å². The molecule has 2 N–H and O–H groups in total. The summed E-state index contributed by atoms with van der Waals surface area (Å²) < 4.78 is 35.8. The van der Waals surface area contributed by atoms with Gasteiger partial charge in [0.1, 0.15) is 0 Å². The summed E-state index contributed by atoms with van der Waals surface area (Å²) in [7, 11) is 0. The number of alkyl halides is 3. The average molecular weight is 264 g/mol. The van der Waals surface area contributed by atoms with E-state index in [1.54, 1.807) is 0 Å². The lowest BCUT2D eigenvalue weighted by Gasteiger charge is -2.24. The van der Waals surface area contributed by atoms with Gasteiger partial charge in [-0.15, -0.1) is 0 Å². The van der Waals surface area contributed by atoms with Crippen LogP contribution >= 0.6 is 0 Å². The molecule has 5 heteroatoms. The molecule has 0 aromatic carbocycles. The van der Waals surface area contributed by atoms with Gasteiger partial charge in [0.25, 0.3) is 0 Å². The van der Waals surface area contributed by atoms with Gasteiger partial charge in [0.05, 0.1) is 0 Å². The van der Waals surface area contributed by atoms with Gasteiger partial charge in [-0.1, -0.05) is 12.8 Å². The van der Waals surface area contributed by atoms with Gasteiger partial charge in [-0.25, -0.2) is 0 Å². The molecule has 0 amide bonds. The highest BCUT2D eigenvalue weighted by Gasteiger charge is 2.34. The number of hydrogen-bond donors (Lipinski definition) is 2. The molecule has 1 heterocycles. The highest BCUT2D eigenvalue weighted by atomic mass is 19.4. The molecule has 1 saturated carbocycles. The van der Waals surface area contributed by atoms with Gasteiger partial charge in [-0.2, -0.15) is 13.2 Å². The second kappa shape index (κ2) is 6.24. The van der Waals surface area contributed by atoms with E-state index in [1.165, 1.54) is 32.1 Å². The van der Waals surface area contributed by atoms with Crippen molar-refractivity contribution < 1.29 is 13.2 Å². The van der Waals surface area contributed by atoms with E-state index in [-0.39, 0.29) is 6.42 Å². The molecule has 1 saturated heterocycles. The monoisotopic (exact) mass is 264 g/mol. The van der Waals surface area contributed by atoms with Crippen LogP contribution in [0.1, 0.15) is 44.9 Å². The Morgan fingerprint density at radius 3 is 2.67 bits per heavy atom. The lowest BCUT2D eigenvalue weighted by molar-refractivity contribution is -0.135. The van der Waals surface area contributed by atoms with Crippen molar-refractivity contribution in [2.75, 3.05) is 13.1 Å². The molecule has 0 aromatic rings. The molecule has 3 atom stereocenters. The standard InChI is InChI=1S/C13H23F3N2/c14-13(15,16)6-3-7-17-9-11-8-10-4-1-2-5-12(10)18-11/h10-12,17-18H,1-9H2. The van der Waals surface area contributed by atoms with Crippen molar-refractivity contribution in [1.29, 1.82) is 0 Å². The third kappa shape index (κ3) is 4.43. The van der Waals surface area contributed by atoms with Gasteiger partial charge >= 0.3 is 6.18 Å². The Morgan fingerprint density at radius 1 is 1.17 bits per heavy atom. The Morgan fingerprint density at radius 2 is 1.94 bits per heavy atom. The van der Waals surface area contributed by atoms with Crippen LogP contribution in [0.4, 0.5) is 13.2 Å². The molecule has 0 spiro atoms. The van der Waals surface area contributed by atoms with Crippen molar-refractivity contribution in [3.05, 3.63) is 0 Å². The maximum Gasteiger partial charge on any atom is 0.389 e. The van der Waals surface area contributed by atoms with Crippen LogP contribution in [0.15, 0.2) is 0 Å². The summed E-state index contributed by atoms with van der Waals surface area (Å²) in [6, 6.07) is 1.13. The second-order valence-electron chi connectivity index (χ2n) is 5.67. The van der Waals surface area contributed by atoms with Gasteiger partial charge in [0.15, 0.2) is 0 Å². The van der Waals surface area contributed by atoms with E-state index < -0.39 is 12.6 Å². The molecule has 18 heavy (non-hydrogen) atoms. The fraction of sp³-hybridized carbons (Fsp3) is 1.00. The van der Waals surface area contributed by atoms with Crippen LogP contribution < -0.4 is 10.6 Å². The van der Waals surface area contributed by atoms with E-state index in [9.17, 15) is 13.2 Å². The van der Waals surface area contributed by atoms with Crippen molar-refractivity contribution in [2.24, 2.45) is 5.92 Å². The molecule has 106 valence electrons. The van der Waals surface area contributed by atoms with Crippen LogP contribution in [0.2, 0.25) is 0 Å². The van der Waals surface area contributed by atoms with Crippen molar-refractivity contribution in [3.8, 4) is 0 Å². The maximum atomic E-state index is 11.9. The molecule has 2 rings (SSSR count). The summed E-state index contributed by atoms with van der Waals surface area (Å²) >= 11 is 0. The summed E-state index contributed by atoms with van der Waals surface area (Å²) in [5.74, 6) is 0.806. The molecule has 2 fully saturated rings. The number of fused-ring (bicyclic) bond motifs is 1. The zero-order chi connectivity index (χ0) is 13.0. The minimum absolute atomic E-state index is 0.184. The maximum absolute atomic E-state index is 11.9. The third-order valence-electron chi connectivity index (χ3n) is 4.15. The molecule has 0 radical (unpaired) electrons. The van der Waals surface area contributed by atoms with Gasteiger partial charge in [0.2, 0.25) is 0 Å². The second-order valence-corrected chi connectivity index (χ2v) is 5.67. The van der Waals surface area contributed by atoms with Gasteiger partial charge in [-0.05, 0) is 38.1 Å². The lowest BCUT2D eigenvalue weighted by Crippen LogP contribution is -2.38. The predicted octanol–water partition coefficient (Wildman–Crippen LogP) is 2.84. The highest BCUT2D eigenvalue weighted by Crippen LogP contribution is 2.32. The Kier molecular flexibility index (Phi) is 4.90. The number of halogens is 3. The van der Waals surface area contributed by atoms with Gasteiger partial charge in [-0.3, -0.25) is 0 Å². The SMILES string of the molecule is FC(F)(F)CCCNCC1CC2CCCCC2N1. The summed E-state index contributed by atoms with van der Waals surface area (Å²) in [4.78, 5) is 0. The van der Waals surface area contributed by atoms with Crippen molar-refractivity contribution >= 4 is 0 Å². The molecule has 0 bridgehead atoms. The molecular formula is C13H23F3N2. The Hall–Kier alpha value is -0.290. The topological polar surface area (TPSA) is 24.1 Å². The van der Waals surface area contributed by atoms with Crippen LogP contribution in [0.25, 0.3) is 0 Å². The highest BCUT2D eigenvalue weighted by molar-refractivity contribution is 4.93. The number of nitrogens with one attached hydrogen (secondary N) is 2. The Bertz CT molecular complexity index is 241. The average Bonchev–Trinajstić information content (AvgIpc) is 2.69. The molecule has 2 aliphatic rings. The quantitative estimate of drug-likeness (QED) is 0.746. The molecule has 2 nitrogen and oxygen atoms in total. The van der Waals surface area contributed by atoms with Crippen LogP contribution in [0.3, 0.4) is 0 Å². The largest absolute Gasteiger partial charge is 0.389 e.